The Morgan fingerprint density at radius 2 is 1.96 bits per heavy atom. The molecule has 1 saturated heterocycles. The summed E-state index contributed by atoms with van der Waals surface area (Å²) in [5.41, 5.74) is 1.90. The molecule has 1 aliphatic heterocycles. The summed E-state index contributed by atoms with van der Waals surface area (Å²) in [5, 5.41) is 13.3. The molecule has 1 fully saturated rings. The standard InChI is InChI=1S/C19H22N6OS/c26-19(13-16-4-6-17(7-5-16)25-15-20-21-22-25)24-9-2-8-23(10-11-24)14-18-3-1-12-27-18/h1,3-7,12,15H,2,8-11,13-14H2. The average Bonchev–Trinajstić information content (AvgIpc) is 3.34. The quantitative estimate of drug-likeness (QED) is 0.675. The first-order chi connectivity index (χ1) is 13.3. The number of aromatic nitrogens is 4. The Morgan fingerprint density at radius 3 is 2.70 bits per heavy atom. The van der Waals surface area contributed by atoms with E-state index in [1.807, 2.05) is 29.2 Å². The van der Waals surface area contributed by atoms with E-state index < -0.39 is 0 Å². The van der Waals surface area contributed by atoms with Crippen molar-refractivity contribution >= 4 is 17.2 Å². The van der Waals surface area contributed by atoms with Gasteiger partial charge in [-0.05, 0) is 46.0 Å². The van der Waals surface area contributed by atoms with Crippen LogP contribution in [0.2, 0.25) is 0 Å². The Balaban J connectivity index is 1.31. The SMILES string of the molecule is O=C(Cc1ccc(-n2cnnn2)cc1)N1CCCN(Cc2cccs2)CC1. The Bertz CT molecular complexity index is 847. The molecular weight excluding hydrogens is 360 g/mol. The van der Waals surface area contributed by atoms with Gasteiger partial charge in [0.2, 0.25) is 5.91 Å². The summed E-state index contributed by atoms with van der Waals surface area (Å²) in [4.78, 5) is 18.6. The molecule has 0 N–H and O–H groups in total. The van der Waals surface area contributed by atoms with Crippen LogP contribution in [-0.4, -0.2) is 62.1 Å². The molecule has 3 heterocycles. The summed E-state index contributed by atoms with van der Waals surface area (Å²) in [6, 6.07) is 12.1. The van der Waals surface area contributed by atoms with Crippen molar-refractivity contribution in [2.75, 3.05) is 26.2 Å². The molecule has 4 rings (SSSR count). The van der Waals surface area contributed by atoms with Crippen molar-refractivity contribution in [3.63, 3.8) is 0 Å². The molecule has 0 unspecified atom stereocenters. The lowest BCUT2D eigenvalue weighted by molar-refractivity contribution is -0.130. The summed E-state index contributed by atoms with van der Waals surface area (Å²) in [6.07, 6.45) is 3.01. The van der Waals surface area contributed by atoms with Crippen molar-refractivity contribution in [1.29, 1.82) is 0 Å². The molecule has 0 saturated carbocycles. The third-order valence-electron chi connectivity index (χ3n) is 4.81. The maximum Gasteiger partial charge on any atom is 0.227 e. The van der Waals surface area contributed by atoms with Crippen LogP contribution in [0.25, 0.3) is 5.69 Å². The molecule has 1 amide bonds. The highest BCUT2D eigenvalue weighted by molar-refractivity contribution is 7.09. The highest BCUT2D eigenvalue weighted by Gasteiger charge is 2.19. The minimum Gasteiger partial charge on any atom is -0.341 e. The fourth-order valence-electron chi connectivity index (χ4n) is 3.33. The maximum absolute atomic E-state index is 12.7. The summed E-state index contributed by atoms with van der Waals surface area (Å²) in [5.74, 6) is 0.197. The predicted molar refractivity (Wildman–Crippen MR) is 104 cm³/mol. The molecule has 27 heavy (non-hydrogen) atoms. The molecule has 1 aromatic carbocycles. The molecule has 7 nitrogen and oxygen atoms in total. The molecule has 0 atom stereocenters. The molecule has 0 spiro atoms. The Kier molecular flexibility index (Phi) is 5.55. The van der Waals surface area contributed by atoms with Gasteiger partial charge in [-0.1, -0.05) is 18.2 Å². The summed E-state index contributed by atoms with van der Waals surface area (Å²) >= 11 is 1.80. The number of carbonyl (C=O) groups is 1. The zero-order valence-corrected chi connectivity index (χ0v) is 15.9. The van der Waals surface area contributed by atoms with Crippen LogP contribution in [0.1, 0.15) is 16.9 Å². The van der Waals surface area contributed by atoms with Gasteiger partial charge in [0.25, 0.3) is 0 Å². The molecule has 0 bridgehead atoms. The molecule has 2 aromatic heterocycles. The van der Waals surface area contributed by atoms with Crippen LogP contribution in [0.4, 0.5) is 0 Å². The van der Waals surface area contributed by atoms with Crippen molar-refractivity contribution in [2.24, 2.45) is 0 Å². The smallest absolute Gasteiger partial charge is 0.227 e. The number of benzene rings is 1. The monoisotopic (exact) mass is 382 g/mol. The largest absolute Gasteiger partial charge is 0.341 e. The second kappa shape index (κ2) is 8.41. The Labute approximate surface area is 162 Å². The van der Waals surface area contributed by atoms with Crippen molar-refractivity contribution in [1.82, 2.24) is 30.0 Å². The molecule has 0 aliphatic carbocycles. The van der Waals surface area contributed by atoms with E-state index in [1.165, 1.54) is 4.88 Å². The summed E-state index contributed by atoms with van der Waals surface area (Å²) in [6.45, 7) is 4.60. The second-order valence-electron chi connectivity index (χ2n) is 6.69. The zero-order valence-electron chi connectivity index (χ0n) is 15.1. The lowest BCUT2D eigenvalue weighted by Crippen LogP contribution is -2.36. The van der Waals surface area contributed by atoms with Crippen LogP contribution in [-0.2, 0) is 17.8 Å². The van der Waals surface area contributed by atoms with E-state index in [1.54, 1.807) is 22.3 Å². The van der Waals surface area contributed by atoms with Crippen LogP contribution in [0.5, 0.6) is 0 Å². The zero-order chi connectivity index (χ0) is 18.5. The van der Waals surface area contributed by atoms with Crippen LogP contribution < -0.4 is 0 Å². The van der Waals surface area contributed by atoms with Crippen molar-refractivity contribution in [3.05, 3.63) is 58.5 Å². The van der Waals surface area contributed by atoms with Crippen molar-refractivity contribution < 1.29 is 4.79 Å². The van der Waals surface area contributed by atoms with Gasteiger partial charge in [-0.25, -0.2) is 4.68 Å². The number of thiophene rings is 1. The van der Waals surface area contributed by atoms with E-state index in [0.29, 0.717) is 6.42 Å². The summed E-state index contributed by atoms with van der Waals surface area (Å²) in [7, 11) is 0. The maximum atomic E-state index is 12.7. The number of tetrazole rings is 1. The van der Waals surface area contributed by atoms with E-state index in [0.717, 1.165) is 50.4 Å². The van der Waals surface area contributed by atoms with Gasteiger partial charge < -0.3 is 4.90 Å². The molecular formula is C19H22N6OS. The third-order valence-corrected chi connectivity index (χ3v) is 5.67. The van der Waals surface area contributed by atoms with E-state index in [9.17, 15) is 4.79 Å². The third kappa shape index (κ3) is 4.58. The van der Waals surface area contributed by atoms with Gasteiger partial charge in [-0.3, -0.25) is 9.69 Å². The van der Waals surface area contributed by atoms with Gasteiger partial charge >= 0.3 is 0 Å². The van der Waals surface area contributed by atoms with Crippen LogP contribution in [0.3, 0.4) is 0 Å². The minimum absolute atomic E-state index is 0.197. The van der Waals surface area contributed by atoms with Crippen LogP contribution in [0.15, 0.2) is 48.1 Å². The number of rotatable bonds is 5. The first kappa shape index (κ1) is 17.8. The lowest BCUT2D eigenvalue weighted by atomic mass is 10.1. The average molecular weight is 382 g/mol. The van der Waals surface area contributed by atoms with E-state index in [2.05, 4.69) is 37.9 Å². The van der Waals surface area contributed by atoms with Crippen molar-refractivity contribution in [3.8, 4) is 5.69 Å². The van der Waals surface area contributed by atoms with E-state index >= 15 is 0 Å². The Morgan fingerprint density at radius 1 is 1.07 bits per heavy atom. The summed E-state index contributed by atoms with van der Waals surface area (Å²) < 4.78 is 1.60. The van der Waals surface area contributed by atoms with E-state index in [-0.39, 0.29) is 5.91 Å². The molecule has 1 aliphatic rings. The predicted octanol–water partition coefficient (Wildman–Crippen LogP) is 2.00. The first-order valence-corrected chi connectivity index (χ1v) is 10.0. The highest BCUT2D eigenvalue weighted by atomic mass is 32.1. The number of carbonyl (C=O) groups excluding carboxylic acids is 1. The number of amides is 1. The number of hydrogen-bond donors (Lipinski definition) is 0. The minimum atomic E-state index is 0.197. The van der Waals surface area contributed by atoms with Gasteiger partial charge in [0, 0.05) is 37.6 Å². The lowest BCUT2D eigenvalue weighted by Gasteiger charge is -2.22. The van der Waals surface area contributed by atoms with Gasteiger partial charge in [-0.2, -0.15) is 0 Å². The van der Waals surface area contributed by atoms with Gasteiger partial charge in [0.1, 0.15) is 6.33 Å². The molecule has 0 radical (unpaired) electrons. The van der Waals surface area contributed by atoms with Gasteiger partial charge in [0.05, 0.1) is 12.1 Å². The van der Waals surface area contributed by atoms with Gasteiger partial charge in [-0.15, -0.1) is 16.4 Å². The number of hydrogen-bond acceptors (Lipinski definition) is 6. The Hall–Kier alpha value is -2.58. The topological polar surface area (TPSA) is 67.2 Å². The molecule has 140 valence electrons. The normalized spacial score (nSPS) is 15.6. The number of nitrogens with zero attached hydrogens (tertiary/aromatic N) is 6. The van der Waals surface area contributed by atoms with E-state index in [4.69, 9.17) is 0 Å². The van der Waals surface area contributed by atoms with Gasteiger partial charge in [0.15, 0.2) is 0 Å². The van der Waals surface area contributed by atoms with Crippen LogP contribution >= 0.6 is 11.3 Å². The fourth-order valence-corrected chi connectivity index (χ4v) is 4.08. The first-order valence-electron chi connectivity index (χ1n) is 9.13. The highest BCUT2D eigenvalue weighted by Crippen LogP contribution is 2.15. The molecule has 8 heteroatoms. The van der Waals surface area contributed by atoms with Crippen molar-refractivity contribution in [2.45, 2.75) is 19.4 Å². The molecule has 3 aromatic rings. The van der Waals surface area contributed by atoms with Crippen LogP contribution in [0, 0.1) is 0 Å². The second-order valence-corrected chi connectivity index (χ2v) is 7.72. The fraction of sp³-hybridized carbons (Fsp3) is 0.368.